The topological polar surface area (TPSA) is 79.2 Å². The van der Waals surface area contributed by atoms with Crippen molar-refractivity contribution in [2.45, 2.75) is 25.8 Å². The molecule has 1 heterocycles. The SMILES string of the molecule is Cc1ccc(C(=O)N(C)C(CN)C2CC2)c(=O)[nH]1. The van der Waals surface area contributed by atoms with Gasteiger partial charge in [0.25, 0.3) is 11.5 Å². The summed E-state index contributed by atoms with van der Waals surface area (Å²) >= 11 is 0. The van der Waals surface area contributed by atoms with Crippen LogP contribution in [0.1, 0.15) is 28.9 Å². The van der Waals surface area contributed by atoms with Gasteiger partial charge in [-0.05, 0) is 37.8 Å². The highest BCUT2D eigenvalue weighted by atomic mass is 16.2. The molecule has 1 aromatic heterocycles. The molecule has 0 saturated heterocycles. The van der Waals surface area contributed by atoms with E-state index >= 15 is 0 Å². The molecular formula is C13H19N3O2. The molecule has 0 radical (unpaired) electrons. The van der Waals surface area contributed by atoms with E-state index in [0.29, 0.717) is 12.5 Å². The molecule has 0 spiro atoms. The Morgan fingerprint density at radius 2 is 2.22 bits per heavy atom. The molecule has 1 aliphatic carbocycles. The lowest BCUT2D eigenvalue weighted by Gasteiger charge is -2.26. The van der Waals surface area contributed by atoms with Crippen LogP contribution in [0.4, 0.5) is 0 Å². The normalized spacial score (nSPS) is 16.4. The van der Waals surface area contributed by atoms with E-state index in [2.05, 4.69) is 4.98 Å². The number of H-pyrrole nitrogens is 1. The average molecular weight is 249 g/mol. The molecule has 0 aliphatic heterocycles. The number of carbonyl (C=O) groups is 1. The third-order valence-corrected chi connectivity index (χ3v) is 3.51. The van der Waals surface area contributed by atoms with Crippen LogP contribution in [0, 0.1) is 12.8 Å². The summed E-state index contributed by atoms with van der Waals surface area (Å²) in [4.78, 5) is 28.3. The number of aromatic amines is 1. The lowest BCUT2D eigenvalue weighted by Crippen LogP contribution is -2.44. The number of nitrogens with zero attached hydrogens (tertiary/aromatic N) is 1. The summed E-state index contributed by atoms with van der Waals surface area (Å²) in [6, 6.07) is 3.35. The molecule has 1 fully saturated rings. The van der Waals surface area contributed by atoms with Gasteiger partial charge >= 0.3 is 0 Å². The van der Waals surface area contributed by atoms with Gasteiger partial charge in [-0.1, -0.05) is 0 Å². The van der Waals surface area contributed by atoms with Gasteiger partial charge < -0.3 is 15.6 Å². The fourth-order valence-electron chi connectivity index (χ4n) is 2.23. The highest BCUT2D eigenvalue weighted by Gasteiger charge is 2.35. The Labute approximate surface area is 106 Å². The van der Waals surface area contributed by atoms with Crippen LogP contribution in [0.3, 0.4) is 0 Å². The lowest BCUT2D eigenvalue weighted by molar-refractivity contribution is 0.0717. The van der Waals surface area contributed by atoms with Crippen LogP contribution in [0.2, 0.25) is 0 Å². The minimum atomic E-state index is -0.335. The Kier molecular flexibility index (Phi) is 3.52. The minimum absolute atomic E-state index is 0.0400. The lowest BCUT2D eigenvalue weighted by atomic mass is 10.1. The molecule has 98 valence electrons. The Morgan fingerprint density at radius 1 is 1.56 bits per heavy atom. The predicted molar refractivity (Wildman–Crippen MR) is 69.5 cm³/mol. The van der Waals surface area contributed by atoms with Gasteiger partial charge in [0.05, 0.1) is 0 Å². The molecule has 0 bridgehead atoms. The van der Waals surface area contributed by atoms with E-state index < -0.39 is 0 Å². The van der Waals surface area contributed by atoms with Crippen molar-refractivity contribution in [3.63, 3.8) is 0 Å². The fraction of sp³-hybridized carbons (Fsp3) is 0.538. The van der Waals surface area contributed by atoms with Crippen LogP contribution >= 0.6 is 0 Å². The third-order valence-electron chi connectivity index (χ3n) is 3.51. The summed E-state index contributed by atoms with van der Waals surface area (Å²) in [6.07, 6.45) is 2.23. The number of hydrogen-bond acceptors (Lipinski definition) is 3. The molecule has 5 nitrogen and oxygen atoms in total. The second-order valence-corrected chi connectivity index (χ2v) is 4.94. The molecule has 2 rings (SSSR count). The van der Waals surface area contributed by atoms with Crippen molar-refractivity contribution >= 4 is 5.91 Å². The van der Waals surface area contributed by atoms with E-state index in [1.807, 2.05) is 0 Å². The van der Waals surface area contributed by atoms with Crippen molar-refractivity contribution < 1.29 is 4.79 Å². The number of carbonyl (C=O) groups excluding carboxylic acids is 1. The van der Waals surface area contributed by atoms with Crippen LogP contribution in [0.25, 0.3) is 0 Å². The number of aromatic nitrogens is 1. The first-order chi connectivity index (χ1) is 8.54. The van der Waals surface area contributed by atoms with Gasteiger partial charge in [0.1, 0.15) is 5.56 Å². The monoisotopic (exact) mass is 249 g/mol. The minimum Gasteiger partial charge on any atom is -0.337 e. The van der Waals surface area contributed by atoms with E-state index in [9.17, 15) is 9.59 Å². The zero-order valence-corrected chi connectivity index (χ0v) is 10.8. The second-order valence-electron chi connectivity index (χ2n) is 4.94. The van der Waals surface area contributed by atoms with Crippen LogP contribution < -0.4 is 11.3 Å². The number of likely N-dealkylation sites (N-methyl/N-ethyl adjacent to an activating group) is 1. The summed E-state index contributed by atoms with van der Waals surface area (Å²) in [7, 11) is 1.72. The summed E-state index contributed by atoms with van der Waals surface area (Å²) in [5.41, 5.74) is 6.31. The number of amides is 1. The molecule has 3 N–H and O–H groups in total. The van der Waals surface area contributed by atoms with Gasteiger partial charge in [-0.25, -0.2) is 0 Å². The highest BCUT2D eigenvalue weighted by Crippen LogP contribution is 2.34. The molecule has 1 atom stereocenters. The zero-order valence-electron chi connectivity index (χ0n) is 10.8. The molecule has 0 aromatic carbocycles. The van der Waals surface area contributed by atoms with Crippen LogP contribution in [0.15, 0.2) is 16.9 Å². The predicted octanol–water partition coefficient (Wildman–Crippen LogP) is 0.493. The number of rotatable bonds is 4. The second kappa shape index (κ2) is 4.94. The number of nitrogens with one attached hydrogen (secondary N) is 1. The number of pyridine rings is 1. The molecule has 5 heteroatoms. The molecule has 18 heavy (non-hydrogen) atoms. The van der Waals surface area contributed by atoms with Crippen molar-refractivity contribution in [3.05, 3.63) is 33.7 Å². The van der Waals surface area contributed by atoms with Gasteiger partial charge in [-0.3, -0.25) is 9.59 Å². The summed E-state index contributed by atoms with van der Waals surface area (Å²) < 4.78 is 0. The van der Waals surface area contributed by atoms with Crippen molar-refractivity contribution in [2.24, 2.45) is 11.7 Å². The Hall–Kier alpha value is -1.62. The summed E-state index contributed by atoms with van der Waals surface area (Å²) in [5, 5.41) is 0. The van der Waals surface area contributed by atoms with Gasteiger partial charge in [-0.15, -0.1) is 0 Å². The number of aryl methyl sites for hydroxylation is 1. The van der Waals surface area contributed by atoms with Gasteiger partial charge in [0.2, 0.25) is 0 Å². The summed E-state index contributed by atoms with van der Waals surface area (Å²) in [6.45, 7) is 2.23. The fourth-order valence-corrected chi connectivity index (χ4v) is 2.23. The maximum absolute atomic E-state index is 12.3. The van der Waals surface area contributed by atoms with Crippen molar-refractivity contribution in [1.29, 1.82) is 0 Å². The molecule has 1 aliphatic rings. The largest absolute Gasteiger partial charge is 0.337 e. The maximum Gasteiger partial charge on any atom is 0.260 e. The third kappa shape index (κ3) is 2.46. The smallest absolute Gasteiger partial charge is 0.260 e. The average Bonchev–Trinajstić information content (AvgIpc) is 3.13. The quantitative estimate of drug-likeness (QED) is 0.815. The van der Waals surface area contributed by atoms with E-state index in [0.717, 1.165) is 18.5 Å². The number of hydrogen-bond donors (Lipinski definition) is 2. The summed E-state index contributed by atoms with van der Waals surface area (Å²) in [5.74, 6) is 0.243. The zero-order chi connectivity index (χ0) is 13.3. The Balaban J connectivity index is 2.21. The van der Waals surface area contributed by atoms with E-state index in [4.69, 9.17) is 5.73 Å². The molecule has 1 unspecified atom stereocenters. The maximum atomic E-state index is 12.3. The first-order valence-electron chi connectivity index (χ1n) is 6.21. The van der Waals surface area contributed by atoms with E-state index in [1.54, 1.807) is 31.0 Å². The van der Waals surface area contributed by atoms with Crippen LogP contribution in [-0.4, -0.2) is 35.4 Å². The van der Waals surface area contributed by atoms with Crippen molar-refractivity contribution in [1.82, 2.24) is 9.88 Å². The first kappa shape index (κ1) is 12.8. The van der Waals surface area contributed by atoms with E-state index in [1.165, 1.54) is 0 Å². The molecule has 1 amide bonds. The van der Waals surface area contributed by atoms with Crippen LogP contribution in [-0.2, 0) is 0 Å². The van der Waals surface area contributed by atoms with Gasteiger partial charge in [0.15, 0.2) is 0 Å². The van der Waals surface area contributed by atoms with Crippen molar-refractivity contribution in [3.8, 4) is 0 Å². The standard InChI is InChI=1S/C13H19N3O2/c1-8-3-6-10(12(17)15-8)13(18)16(2)11(7-14)9-4-5-9/h3,6,9,11H,4-5,7,14H2,1-2H3,(H,15,17). The first-order valence-corrected chi connectivity index (χ1v) is 6.21. The molecular weight excluding hydrogens is 230 g/mol. The molecule has 1 saturated carbocycles. The Bertz CT molecular complexity index is 505. The Morgan fingerprint density at radius 3 is 2.72 bits per heavy atom. The number of nitrogens with two attached hydrogens (primary N) is 1. The van der Waals surface area contributed by atoms with Gasteiger partial charge in [0, 0.05) is 25.3 Å². The van der Waals surface area contributed by atoms with Crippen LogP contribution in [0.5, 0.6) is 0 Å². The van der Waals surface area contributed by atoms with E-state index in [-0.39, 0.29) is 23.1 Å². The highest BCUT2D eigenvalue weighted by molar-refractivity contribution is 5.93. The molecule has 1 aromatic rings. The van der Waals surface area contributed by atoms with Gasteiger partial charge in [-0.2, -0.15) is 0 Å². The van der Waals surface area contributed by atoms with Crippen molar-refractivity contribution in [2.75, 3.05) is 13.6 Å².